The Bertz CT molecular complexity index is 847. The van der Waals surface area contributed by atoms with Gasteiger partial charge in [0.1, 0.15) is 16.7 Å². The fourth-order valence-corrected chi connectivity index (χ4v) is 2.99. The van der Waals surface area contributed by atoms with E-state index in [0.29, 0.717) is 0 Å². The normalized spacial score (nSPS) is 11.5. The summed E-state index contributed by atoms with van der Waals surface area (Å²) >= 11 is 1.64. The number of hydrogen-bond donors (Lipinski definition) is 0. The molecule has 0 aliphatic rings. The van der Waals surface area contributed by atoms with E-state index < -0.39 is 0 Å². The molecule has 0 saturated heterocycles. The van der Waals surface area contributed by atoms with Gasteiger partial charge in [0.25, 0.3) is 0 Å². The van der Waals surface area contributed by atoms with Gasteiger partial charge in [0.15, 0.2) is 0 Å². The molecule has 4 aromatic rings. The van der Waals surface area contributed by atoms with Crippen LogP contribution in [0.2, 0.25) is 0 Å². The molecule has 0 atom stereocenters. The van der Waals surface area contributed by atoms with Crippen LogP contribution < -0.4 is 0 Å². The van der Waals surface area contributed by atoms with Crippen molar-refractivity contribution in [2.75, 3.05) is 0 Å². The van der Waals surface area contributed by atoms with Gasteiger partial charge in [-0.1, -0.05) is 0 Å². The standard InChI is InChI=1S/C12H6N4S/c1-2-15-12-11(14-1)8-3-7-5-13-6-16-9(7)4-10(8)17-12/h1-6H. The summed E-state index contributed by atoms with van der Waals surface area (Å²) in [5, 5.41) is 2.16. The smallest absolute Gasteiger partial charge is 0.143 e. The van der Waals surface area contributed by atoms with Gasteiger partial charge in [0, 0.05) is 34.1 Å². The third kappa shape index (κ3) is 1.23. The maximum Gasteiger partial charge on any atom is 0.143 e. The molecule has 3 aromatic heterocycles. The zero-order valence-corrected chi connectivity index (χ0v) is 9.48. The van der Waals surface area contributed by atoms with Crippen LogP contribution >= 0.6 is 11.3 Å². The predicted molar refractivity (Wildman–Crippen MR) is 68.0 cm³/mol. The largest absolute Gasteiger partial charge is 0.251 e. The molecule has 0 aliphatic carbocycles. The minimum absolute atomic E-state index is 0.957. The van der Waals surface area contributed by atoms with Crippen molar-refractivity contribution < 1.29 is 0 Å². The Labute approximate surface area is 100.0 Å². The Kier molecular flexibility index (Phi) is 1.67. The quantitative estimate of drug-likeness (QED) is 0.472. The highest BCUT2D eigenvalue weighted by Gasteiger charge is 2.08. The lowest BCUT2D eigenvalue weighted by Gasteiger charge is -1.95. The minimum atomic E-state index is 0.957. The predicted octanol–water partition coefficient (Wildman–Crippen LogP) is 2.79. The van der Waals surface area contributed by atoms with Gasteiger partial charge in [-0.2, -0.15) is 0 Å². The van der Waals surface area contributed by atoms with E-state index >= 15 is 0 Å². The van der Waals surface area contributed by atoms with Gasteiger partial charge in [-0.05, 0) is 12.1 Å². The van der Waals surface area contributed by atoms with Crippen molar-refractivity contribution in [1.29, 1.82) is 0 Å². The lowest BCUT2D eigenvalue weighted by atomic mass is 10.2. The molecule has 80 valence electrons. The van der Waals surface area contributed by atoms with Crippen molar-refractivity contribution in [2.45, 2.75) is 0 Å². The third-order valence-electron chi connectivity index (χ3n) is 2.73. The van der Waals surface area contributed by atoms with Crippen molar-refractivity contribution in [3.05, 3.63) is 37.1 Å². The van der Waals surface area contributed by atoms with Crippen LogP contribution in [0.15, 0.2) is 37.1 Å². The lowest BCUT2D eigenvalue weighted by molar-refractivity contribution is 1.22. The fourth-order valence-electron chi connectivity index (χ4n) is 1.97. The first-order valence-corrected chi connectivity index (χ1v) is 5.96. The molecule has 0 unspecified atom stereocenters. The Hall–Kier alpha value is -2.14. The molecular formula is C12H6N4S. The highest BCUT2D eigenvalue weighted by Crippen LogP contribution is 2.33. The van der Waals surface area contributed by atoms with E-state index in [-0.39, 0.29) is 0 Å². The molecule has 1 aromatic carbocycles. The lowest BCUT2D eigenvalue weighted by Crippen LogP contribution is -1.80. The van der Waals surface area contributed by atoms with Gasteiger partial charge in [0.2, 0.25) is 0 Å². The first-order valence-electron chi connectivity index (χ1n) is 5.15. The molecule has 17 heavy (non-hydrogen) atoms. The highest BCUT2D eigenvalue weighted by atomic mass is 32.1. The zero-order valence-electron chi connectivity index (χ0n) is 8.66. The number of rotatable bonds is 0. The van der Waals surface area contributed by atoms with E-state index in [2.05, 4.69) is 32.1 Å². The van der Waals surface area contributed by atoms with Crippen LogP contribution in [-0.4, -0.2) is 19.9 Å². The Morgan fingerprint density at radius 3 is 2.94 bits per heavy atom. The molecular weight excluding hydrogens is 232 g/mol. The molecule has 0 N–H and O–H groups in total. The molecule has 0 radical (unpaired) electrons. The van der Waals surface area contributed by atoms with E-state index in [9.17, 15) is 0 Å². The second-order valence-corrected chi connectivity index (χ2v) is 4.77. The maximum atomic E-state index is 4.38. The summed E-state index contributed by atoms with van der Waals surface area (Å²) in [5.41, 5.74) is 1.91. The van der Waals surface area contributed by atoms with Crippen LogP contribution in [0.5, 0.6) is 0 Å². The van der Waals surface area contributed by atoms with E-state index in [4.69, 9.17) is 0 Å². The first-order chi connectivity index (χ1) is 8.42. The number of aromatic nitrogens is 4. The second kappa shape index (κ2) is 3.18. The zero-order chi connectivity index (χ0) is 11.2. The Balaban J connectivity index is 2.28. The van der Waals surface area contributed by atoms with E-state index in [0.717, 1.165) is 31.3 Å². The number of benzene rings is 1. The summed E-state index contributed by atoms with van der Waals surface area (Å²) in [6.45, 7) is 0. The number of fused-ring (bicyclic) bond motifs is 4. The summed E-state index contributed by atoms with van der Waals surface area (Å²) in [7, 11) is 0. The van der Waals surface area contributed by atoms with Gasteiger partial charge in [-0.3, -0.25) is 4.98 Å². The third-order valence-corrected chi connectivity index (χ3v) is 3.78. The van der Waals surface area contributed by atoms with Crippen molar-refractivity contribution in [3.63, 3.8) is 0 Å². The van der Waals surface area contributed by atoms with E-state index in [1.807, 2.05) is 6.20 Å². The molecule has 0 saturated carbocycles. The summed E-state index contributed by atoms with van der Waals surface area (Å²) in [6, 6.07) is 4.15. The van der Waals surface area contributed by atoms with Gasteiger partial charge in [-0.15, -0.1) is 11.3 Å². The van der Waals surface area contributed by atoms with Crippen molar-refractivity contribution >= 4 is 42.7 Å². The molecule has 3 heterocycles. The molecule has 0 fully saturated rings. The molecule has 0 amide bonds. The number of hydrogen-bond acceptors (Lipinski definition) is 5. The van der Waals surface area contributed by atoms with Crippen molar-refractivity contribution in [1.82, 2.24) is 19.9 Å². The monoisotopic (exact) mass is 238 g/mol. The van der Waals surface area contributed by atoms with Crippen molar-refractivity contribution in [3.8, 4) is 0 Å². The molecule has 0 aliphatic heterocycles. The van der Waals surface area contributed by atoms with Crippen LogP contribution in [0.4, 0.5) is 0 Å². The molecule has 5 heteroatoms. The van der Waals surface area contributed by atoms with Crippen LogP contribution in [0.1, 0.15) is 0 Å². The molecule has 0 bridgehead atoms. The van der Waals surface area contributed by atoms with Gasteiger partial charge in [0.05, 0.1) is 5.52 Å². The first kappa shape index (κ1) is 8.95. The fraction of sp³-hybridized carbons (Fsp3) is 0. The molecule has 4 nitrogen and oxygen atoms in total. The Morgan fingerprint density at radius 2 is 1.94 bits per heavy atom. The summed E-state index contributed by atoms with van der Waals surface area (Å²) < 4.78 is 1.16. The number of nitrogens with zero attached hydrogens (tertiary/aromatic N) is 4. The SMILES string of the molecule is c1ncc2cc3c(cc2n1)sc1nccnc13. The maximum absolute atomic E-state index is 4.38. The topological polar surface area (TPSA) is 51.6 Å². The molecule has 0 spiro atoms. The second-order valence-electron chi connectivity index (χ2n) is 3.74. The van der Waals surface area contributed by atoms with Crippen molar-refractivity contribution in [2.24, 2.45) is 0 Å². The summed E-state index contributed by atoms with van der Waals surface area (Å²) in [4.78, 5) is 18.0. The summed E-state index contributed by atoms with van der Waals surface area (Å²) in [6.07, 6.45) is 6.83. The highest BCUT2D eigenvalue weighted by molar-refractivity contribution is 7.25. The molecule has 4 rings (SSSR count). The van der Waals surface area contributed by atoms with Crippen LogP contribution in [0.3, 0.4) is 0 Å². The van der Waals surface area contributed by atoms with Gasteiger partial charge in [-0.25, -0.2) is 15.0 Å². The van der Waals surface area contributed by atoms with Crippen LogP contribution in [-0.2, 0) is 0 Å². The minimum Gasteiger partial charge on any atom is -0.251 e. The van der Waals surface area contributed by atoms with Crippen LogP contribution in [0.25, 0.3) is 31.3 Å². The van der Waals surface area contributed by atoms with E-state index in [1.165, 1.54) is 0 Å². The van der Waals surface area contributed by atoms with E-state index in [1.54, 1.807) is 30.1 Å². The summed E-state index contributed by atoms with van der Waals surface area (Å²) in [5.74, 6) is 0. The average molecular weight is 238 g/mol. The van der Waals surface area contributed by atoms with Gasteiger partial charge >= 0.3 is 0 Å². The van der Waals surface area contributed by atoms with Crippen LogP contribution in [0, 0.1) is 0 Å². The Morgan fingerprint density at radius 1 is 1.00 bits per heavy atom. The van der Waals surface area contributed by atoms with Gasteiger partial charge < -0.3 is 0 Å². The number of thiophene rings is 1. The average Bonchev–Trinajstić information content (AvgIpc) is 2.73.